The summed E-state index contributed by atoms with van der Waals surface area (Å²) in [5, 5.41) is 1.76. The fraction of sp³-hybridized carbons (Fsp3) is 0.292. The number of ether oxygens (including phenoxy) is 5. The number of fused-ring (bicyclic) bond motifs is 8. The maximum Gasteiger partial charge on any atom is 0.406 e. The van der Waals surface area contributed by atoms with Gasteiger partial charge in [0.15, 0.2) is 11.8 Å². The van der Waals surface area contributed by atoms with Gasteiger partial charge in [-0.15, -0.1) is 0 Å². The number of methoxy groups -OCH3 is 2. The Labute approximate surface area is 337 Å². The Morgan fingerprint density at radius 1 is 0.966 bits per heavy atom. The van der Waals surface area contributed by atoms with Crippen LogP contribution >= 0.6 is 0 Å². The number of anilines is 1. The molecule has 0 bridgehead atoms. The summed E-state index contributed by atoms with van der Waals surface area (Å²) in [4.78, 5) is 26.5. The van der Waals surface area contributed by atoms with E-state index in [1.54, 1.807) is 33.3 Å². The molecule has 2 heterocycles. The molecule has 0 aromatic heterocycles. The molecule has 298 valence electrons. The molecule has 58 heavy (non-hydrogen) atoms. The third-order valence-corrected chi connectivity index (χ3v) is 12.0. The van der Waals surface area contributed by atoms with E-state index in [0.717, 1.165) is 56.3 Å². The first kappa shape index (κ1) is 38.6. The summed E-state index contributed by atoms with van der Waals surface area (Å²) in [5.41, 5.74) is 12.3. The zero-order valence-electron chi connectivity index (χ0n) is 33.4. The van der Waals surface area contributed by atoms with Crippen LogP contribution in [0.4, 0.5) is 14.9 Å². The van der Waals surface area contributed by atoms with Gasteiger partial charge in [0.25, 0.3) is 0 Å². The van der Waals surface area contributed by atoms with E-state index in [1.807, 2.05) is 35.2 Å². The lowest BCUT2D eigenvalue weighted by Crippen LogP contribution is -2.46. The topological polar surface area (TPSA) is 110 Å². The molecule has 0 spiro atoms. The molecular formula is C48H47FN2O7. The van der Waals surface area contributed by atoms with Crippen molar-refractivity contribution in [1.29, 1.82) is 0 Å². The normalized spacial score (nSPS) is 20.0. The van der Waals surface area contributed by atoms with E-state index in [-0.39, 0.29) is 18.3 Å². The molecule has 5 aromatic rings. The van der Waals surface area contributed by atoms with Crippen molar-refractivity contribution in [3.8, 4) is 28.4 Å². The maximum atomic E-state index is 14.4. The van der Waals surface area contributed by atoms with Gasteiger partial charge in [0.2, 0.25) is 0 Å². The molecule has 5 aromatic carbocycles. The van der Waals surface area contributed by atoms with E-state index in [4.69, 9.17) is 29.4 Å². The van der Waals surface area contributed by atoms with Crippen molar-refractivity contribution in [3.05, 3.63) is 137 Å². The first-order valence-electron chi connectivity index (χ1n) is 19.5. The second-order valence-corrected chi connectivity index (χ2v) is 15.8. The van der Waals surface area contributed by atoms with Gasteiger partial charge in [-0.25, -0.2) is 14.0 Å². The molecule has 0 radical (unpaired) electrons. The second kappa shape index (κ2) is 14.9. The first-order chi connectivity index (χ1) is 27.9. The highest BCUT2D eigenvalue weighted by atomic mass is 19.1. The second-order valence-electron chi connectivity index (χ2n) is 15.8. The number of benzene rings is 5. The van der Waals surface area contributed by atoms with Gasteiger partial charge in [0.05, 0.1) is 26.5 Å². The average Bonchev–Trinajstić information content (AvgIpc) is 3.46. The van der Waals surface area contributed by atoms with Crippen LogP contribution in [0.25, 0.3) is 28.0 Å². The van der Waals surface area contributed by atoms with Crippen LogP contribution in [0.1, 0.15) is 67.9 Å². The lowest BCUT2D eigenvalue weighted by Gasteiger charge is -2.41. The highest BCUT2D eigenvalue weighted by molar-refractivity contribution is 6.10. The third-order valence-electron chi connectivity index (χ3n) is 12.0. The Morgan fingerprint density at radius 3 is 2.34 bits per heavy atom. The first-order valence-corrected chi connectivity index (χ1v) is 19.5. The summed E-state index contributed by atoms with van der Waals surface area (Å²) in [7, 11) is 3.25. The molecule has 2 aliphatic heterocycles. The number of primary amides is 1. The van der Waals surface area contributed by atoms with Crippen LogP contribution in [0.2, 0.25) is 0 Å². The van der Waals surface area contributed by atoms with Crippen molar-refractivity contribution < 1.29 is 37.7 Å². The summed E-state index contributed by atoms with van der Waals surface area (Å²) < 4.78 is 44.8. The number of hydrogen-bond acceptors (Lipinski definition) is 8. The number of carbonyl (C=O) groups excluding carboxylic acids is 2. The monoisotopic (exact) mass is 782 g/mol. The van der Waals surface area contributed by atoms with Crippen LogP contribution in [0.5, 0.6) is 17.2 Å². The van der Waals surface area contributed by atoms with Crippen LogP contribution in [-0.4, -0.2) is 45.7 Å². The fourth-order valence-corrected chi connectivity index (χ4v) is 9.09. The summed E-state index contributed by atoms with van der Waals surface area (Å²) in [6, 6.07) is 26.7. The van der Waals surface area contributed by atoms with Gasteiger partial charge in [-0.3, -0.25) is 0 Å². The molecular weight excluding hydrogens is 736 g/mol. The van der Waals surface area contributed by atoms with Gasteiger partial charge < -0.3 is 34.3 Å². The van der Waals surface area contributed by atoms with Gasteiger partial charge in [-0.05, 0) is 95.8 Å². The molecule has 3 atom stereocenters. The van der Waals surface area contributed by atoms with Crippen molar-refractivity contribution in [2.75, 3.05) is 32.3 Å². The molecule has 0 saturated carbocycles. The summed E-state index contributed by atoms with van der Waals surface area (Å²) in [6.07, 6.45) is 4.45. The number of carbonyl (C=O) groups is 2. The minimum absolute atomic E-state index is 0.103. The molecule has 3 aliphatic rings. The molecule has 2 N–H and O–H groups in total. The van der Waals surface area contributed by atoms with Crippen LogP contribution in [0.15, 0.2) is 103 Å². The van der Waals surface area contributed by atoms with Crippen molar-refractivity contribution >= 4 is 34.6 Å². The van der Waals surface area contributed by atoms with Crippen molar-refractivity contribution in [3.63, 3.8) is 0 Å². The van der Waals surface area contributed by atoms with E-state index >= 15 is 0 Å². The van der Waals surface area contributed by atoms with E-state index in [2.05, 4.69) is 62.9 Å². The van der Waals surface area contributed by atoms with Crippen LogP contribution < -0.4 is 24.8 Å². The lowest BCUT2D eigenvalue weighted by molar-refractivity contribution is -0.139. The number of halogens is 1. The molecule has 1 amide bonds. The van der Waals surface area contributed by atoms with Gasteiger partial charge in [-0.2, -0.15) is 0 Å². The lowest BCUT2D eigenvalue weighted by atomic mass is 9.76. The zero-order chi connectivity index (χ0) is 40.9. The van der Waals surface area contributed by atoms with Crippen LogP contribution in [-0.2, 0) is 25.3 Å². The Balaban J connectivity index is 1.31. The van der Waals surface area contributed by atoms with Crippen molar-refractivity contribution in [2.24, 2.45) is 11.7 Å². The number of piperidine rings is 1. The van der Waals surface area contributed by atoms with E-state index < -0.39 is 29.3 Å². The number of amides is 1. The van der Waals surface area contributed by atoms with Gasteiger partial charge in [0.1, 0.15) is 23.1 Å². The predicted molar refractivity (Wildman–Crippen MR) is 223 cm³/mol. The fourth-order valence-electron chi connectivity index (χ4n) is 9.09. The number of esters is 1. The largest absolute Gasteiger partial charge is 0.497 e. The molecule has 10 heteroatoms. The molecule has 8 rings (SSSR count). The van der Waals surface area contributed by atoms with Crippen LogP contribution in [0.3, 0.4) is 0 Å². The minimum Gasteiger partial charge on any atom is -0.497 e. The zero-order valence-corrected chi connectivity index (χ0v) is 33.4. The molecule has 1 saturated heterocycles. The van der Waals surface area contributed by atoms with Gasteiger partial charge in [0, 0.05) is 46.0 Å². The molecule has 1 aliphatic carbocycles. The number of rotatable bonds is 10. The number of nitrogens with two attached hydrogens (primary N) is 1. The smallest absolute Gasteiger partial charge is 0.406 e. The third kappa shape index (κ3) is 6.50. The minimum atomic E-state index is -1.13. The summed E-state index contributed by atoms with van der Waals surface area (Å²) >= 11 is 0. The standard InChI is InChI=1S/C48H47FN2O7/c1-28(2)45(52)56-24-21-29-20-23-51(41(25-29)57-46(50)53)39-26-36-37(27-40(39)55-6)44-35(43-42(36)34-9-7-8-10-38(34)47(43,3)4)19-22-48(58-44,30-11-15-32(49)16-12-30)31-13-17-33(54-5)18-14-31/h7-19,22,26-27,29,41H,1,20-21,23-25H2,2-6H3,(H2,50,53). The highest BCUT2D eigenvalue weighted by Crippen LogP contribution is 2.59. The predicted octanol–water partition coefficient (Wildman–Crippen LogP) is 9.80. The van der Waals surface area contributed by atoms with Gasteiger partial charge in [-0.1, -0.05) is 75.0 Å². The Morgan fingerprint density at radius 2 is 1.67 bits per heavy atom. The Hall–Kier alpha value is -6.29. The Bertz CT molecular complexity index is 2480. The van der Waals surface area contributed by atoms with E-state index in [1.165, 1.54) is 17.7 Å². The summed E-state index contributed by atoms with van der Waals surface area (Å²) in [5.74, 6) is 1.25. The van der Waals surface area contributed by atoms with Gasteiger partial charge >= 0.3 is 12.1 Å². The quantitative estimate of drug-likeness (QED) is 0.110. The number of nitrogens with zero attached hydrogens (tertiary/aromatic N) is 1. The molecule has 3 unspecified atom stereocenters. The van der Waals surface area contributed by atoms with E-state index in [0.29, 0.717) is 42.2 Å². The summed E-state index contributed by atoms with van der Waals surface area (Å²) in [6.45, 7) is 10.5. The maximum absolute atomic E-state index is 14.4. The number of hydrogen-bond donors (Lipinski definition) is 1. The van der Waals surface area contributed by atoms with Crippen molar-refractivity contribution in [2.45, 2.75) is 57.3 Å². The molecule has 1 fully saturated rings. The molecule has 9 nitrogen and oxygen atoms in total. The van der Waals surface area contributed by atoms with Crippen LogP contribution in [0, 0.1) is 11.7 Å². The van der Waals surface area contributed by atoms with Crippen molar-refractivity contribution in [1.82, 2.24) is 0 Å². The SMILES string of the molecule is C=C(C)C(=O)OCCC1CCN(c2cc3c4c(c5c(c3cc2OC)OC(c2ccc(F)cc2)(c2ccc(OC)cc2)C=C5)C(C)(C)c2ccccc2-4)C(OC(N)=O)C1. The van der Waals surface area contributed by atoms with E-state index in [9.17, 15) is 14.0 Å². The highest BCUT2D eigenvalue weighted by Gasteiger charge is 2.45. The Kier molecular flexibility index (Phi) is 9.91. The average molecular weight is 783 g/mol.